The maximum atomic E-state index is 3.58. The minimum atomic E-state index is 0.632. The minimum Gasteiger partial charge on any atom is -0.313 e. The first-order chi connectivity index (χ1) is 7.15. The summed E-state index contributed by atoms with van der Waals surface area (Å²) in [6, 6.07) is 2.19. The van der Waals surface area contributed by atoms with E-state index in [0.717, 1.165) is 18.6 Å². The molecule has 1 fully saturated rings. The zero-order chi connectivity index (χ0) is 11.3. The van der Waals surface area contributed by atoms with Crippen LogP contribution in [0.4, 0.5) is 0 Å². The Bertz CT molecular complexity index is 160. The van der Waals surface area contributed by atoms with E-state index in [2.05, 4.69) is 37.9 Å². The van der Waals surface area contributed by atoms with Gasteiger partial charge in [-0.2, -0.15) is 0 Å². The second-order valence-electron chi connectivity index (χ2n) is 5.18. The summed E-state index contributed by atoms with van der Waals surface area (Å²) in [5.41, 5.74) is 0. The molecule has 0 aromatic rings. The molecule has 1 aliphatic rings. The Hall–Kier alpha value is -0.0800. The maximum absolute atomic E-state index is 3.58. The predicted octanol–water partition coefficient (Wildman–Crippen LogP) is 2.64. The fourth-order valence-electron chi connectivity index (χ4n) is 2.61. The molecule has 0 aromatic carbocycles. The van der Waals surface area contributed by atoms with Crippen molar-refractivity contribution in [3.8, 4) is 0 Å². The highest BCUT2D eigenvalue weighted by Crippen LogP contribution is 2.22. The first kappa shape index (κ1) is 13.0. The Morgan fingerprint density at radius 3 is 2.40 bits per heavy atom. The maximum Gasteiger partial charge on any atom is 0.0166 e. The largest absolute Gasteiger partial charge is 0.313 e. The molecule has 0 aliphatic carbocycles. The molecule has 15 heavy (non-hydrogen) atoms. The third-order valence-corrected chi connectivity index (χ3v) is 3.60. The van der Waals surface area contributed by atoms with Crippen molar-refractivity contribution in [3.63, 3.8) is 0 Å². The van der Waals surface area contributed by atoms with Gasteiger partial charge in [0.15, 0.2) is 0 Å². The van der Waals surface area contributed by atoms with Crippen LogP contribution in [0.25, 0.3) is 0 Å². The van der Waals surface area contributed by atoms with E-state index in [4.69, 9.17) is 0 Å². The van der Waals surface area contributed by atoms with Crippen LogP contribution < -0.4 is 5.32 Å². The number of nitrogens with zero attached hydrogens (tertiary/aromatic N) is 1. The van der Waals surface area contributed by atoms with E-state index < -0.39 is 0 Å². The van der Waals surface area contributed by atoms with Crippen LogP contribution in [-0.4, -0.2) is 36.1 Å². The Morgan fingerprint density at radius 1 is 1.27 bits per heavy atom. The summed E-state index contributed by atoms with van der Waals surface area (Å²) in [6.45, 7) is 11.7. The van der Waals surface area contributed by atoms with Crippen LogP contribution in [0.1, 0.15) is 53.4 Å². The Morgan fingerprint density at radius 2 is 1.87 bits per heavy atom. The Kier molecular flexibility index (Phi) is 5.62. The SMILES string of the molecule is CCCNC(C)CN1C(C)CCCC1C. The van der Waals surface area contributed by atoms with Crippen molar-refractivity contribution in [1.82, 2.24) is 10.2 Å². The highest BCUT2D eigenvalue weighted by atomic mass is 15.2. The number of hydrogen-bond acceptors (Lipinski definition) is 2. The zero-order valence-corrected chi connectivity index (χ0v) is 10.9. The molecular weight excluding hydrogens is 184 g/mol. The molecular formula is C13H28N2. The average molecular weight is 212 g/mol. The van der Waals surface area contributed by atoms with Gasteiger partial charge in [-0.15, -0.1) is 0 Å². The van der Waals surface area contributed by atoms with E-state index in [0.29, 0.717) is 6.04 Å². The molecule has 1 aliphatic heterocycles. The molecule has 2 heteroatoms. The van der Waals surface area contributed by atoms with Crippen LogP contribution in [0.15, 0.2) is 0 Å². The lowest BCUT2D eigenvalue weighted by molar-refractivity contribution is 0.0933. The van der Waals surface area contributed by atoms with Crippen LogP contribution >= 0.6 is 0 Å². The molecule has 3 unspecified atom stereocenters. The van der Waals surface area contributed by atoms with E-state index in [9.17, 15) is 0 Å². The number of piperidine rings is 1. The van der Waals surface area contributed by atoms with Gasteiger partial charge < -0.3 is 5.32 Å². The molecule has 1 rings (SSSR count). The molecule has 0 amide bonds. The fraction of sp³-hybridized carbons (Fsp3) is 1.00. The van der Waals surface area contributed by atoms with Crippen LogP contribution in [0.5, 0.6) is 0 Å². The molecule has 0 saturated carbocycles. The van der Waals surface area contributed by atoms with Crippen molar-refractivity contribution in [1.29, 1.82) is 0 Å². The van der Waals surface area contributed by atoms with Crippen LogP contribution in [0, 0.1) is 0 Å². The number of rotatable bonds is 5. The van der Waals surface area contributed by atoms with Gasteiger partial charge in [-0.3, -0.25) is 4.90 Å². The third-order valence-electron chi connectivity index (χ3n) is 3.60. The molecule has 0 spiro atoms. The third kappa shape index (κ3) is 4.12. The van der Waals surface area contributed by atoms with Crippen molar-refractivity contribution in [2.75, 3.05) is 13.1 Å². The molecule has 0 radical (unpaired) electrons. The topological polar surface area (TPSA) is 15.3 Å². The number of hydrogen-bond donors (Lipinski definition) is 1. The highest BCUT2D eigenvalue weighted by molar-refractivity contribution is 4.82. The van der Waals surface area contributed by atoms with Crippen LogP contribution in [0.3, 0.4) is 0 Å². The van der Waals surface area contributed by atoms with Gasteiger partial charge in [0.1, 0.15) is 0 Å². The first-order valence-electron chi connectivity index (χ1n) is 6.64. The summed E-state index contributed by atoms with van der Waals surface area (Å²) in [6.07, 6.45) is 5.40. The minimum absolute atomic E-state index is 0.632. The Balaban J connectivity index is 2.33. The molecule has 1 saturated heterocycles. The van der Waals surface area contributed by atoms with Gasteiger partial charge in [-0.1, -0.05) is 13.3 Å². The van der Waals surface area contributed by atoms with Gasteiger partial charge in [0.25, 0.3) is 0 Å². The summed E-state index contributed by atoms with van der Waals surface area (Å²) in [5, 5.41) is 3.58. The lowest BCUT2D eigenvalue weighted by Crippen LogP contribution is -2.49. The van der Waals surface area contributed by atoms with E-state index in [1.165, 1.54) is 32.2 Å². The summed E-state index contributed by atoms with van der Waals surface area (Å²) in [5.74, 6) is 0. The molecule has 1 heterocycles. The van der Waals surface area contributed by atoms with Crippen molar-refractivity contribution in [2.24, 2.45) is 0 Å². The quantitative estimate of drug-likeness (QED) is 0.753. The highest BCUT2D eigenvalue weighted by Gasteiger charge is 2.25. The van der Waals surface area contributed by atoms with Gasteiger partial charge in [0, 0.05) is 24.7 Å². The Labute approximate surface area is 95.4 Å². The van der Waals surface area contributed by atoms with Gasteiger partial charge in [-0.25, -0.2) is 0 Å². The normalized spacial score (nSPS) is 30.4. The average Bonchev–Trinajstić information content (AvgIpc) is 2.21. The van der Waals surface area contributed by atoms with Gasteiger partial charge in [-0.05, 0) is 46.6 Å². The summed E-state index contributed by atoms with van der Waals surface area (Å²) in [7, 11) is 0. The molecule has 1 N–H and O–H groups in total. The van der Waals surface area contributed by atoms with Crippen molar-refractivity contribution in [3.05, 3.63) is 0 Å². The standard InChI is InChI=1S/C13H28N2/c1-5-9-14-11(2)10-15-12(3)7-6-8-13(15)4/h11-14H,5-10H2,1-4H3. The molecule has 90 valence electrons. The molecule has 3 atom stereocenters. The first-order valence-corrected chi connectivity index (χ1v) is 6.64. The van der Waals surface area contributed by atoms with E-state index in [1.54, 1.807) is 0 Å². The second kappa shape index (κ2) is 6.49. The smallest absolute Gasteiger partial charge is 0.0166 e. The molecule has 0 bridgehead atoms. The lowest BCUT2D eigenvalue weighted by Gasteiger charge is -2.40. The summed E-state index contributed by atoms with van der Waals surface area (Å²) < 4.78 is 0. The molecule has 2 nitrogen and oxygen atoms in total. The van der Waals surface area contributed by atoms with E-state index in [1.807, 2.05) is 0 Å². The monoisotopic (exact) mass is 212 g/mol. The number of likely N-dealkylation sites (tertiary alicyclic amines) is 1. The lowest BCUT2D eigenvalue weighted by atomic mass is 9.97. The zero-order valence-electron chi connectivity index (χ0n) is 10.9. The van der Waals surface area contributed by atoms with Gasteiger partial charge >= 0.3 is 0 Å². The summed E-state index contributed by atoms with van der Waals surface area (Å²) >= 11 is 0. The second-order valence-corrected chi connectivity index (χ2v) is 5.18. The van der Waals surface area contributed by atoms with Crippen molar-refractivity contribution < 1.29 is 0 Å². The van der Waals surface area contributed by atoms with Crippen molar-refractivity contribution in [2.45, 2.75) is 71.5 Å². The number of nitrogens with one attached hydrogen (secondary N) is 1. The van der Waals surface area contributed by atoms with Crippen LogP contribution in [0.2, 0.25) is 0 Å². The van der Waals surface area contributed by atoms with E-state index in [-0.39, 0.29) is 0 Å². The van der Waals surface area contributed by atoms with Gasteiger partial charge in [0.2, 0.25) is 0 Å². The summed E-state index contributed by atoms with van der Waals surface area (Å²) in [4.78, 5) is 2.68. The van der Waals surface area contributed by atoms with Crippen LogP contribution in [-0.2, 0) is 0 Å². The fourth-order valence-corrected chi connectivity index (χ4v) is 2.61. The van der Waals surface area contributed by atoms with Crippen molar-refractivity contribution >= 4 is 0 Å². The van der Waals surface area contributed by atoms with Gasteiger partial charge in [0.05, 0.1) is 0 Å². The predicted molar refractivity (Wildman–Crippen MR) is 67.2 cm³/mol. The van der Waals surface area contributed by atoms with E-state index >= 15 is 0 Å². The molecule has 0 aromatic heterocycles.